The lowest BCUT2D eigenvalue weighted by molar-refractivity contribution is -0.272. The molecule has 0 bridgehead atoms. The molecule has 1 aliphatic heterocycles. The normalized spacial score (nSPS) is 31.3. The van der Waals surface area contributed by atoms with Crippen molar-refractivity contribution in [3.8, 4) is 11.5 Å². The zero-order valence-electron chi connectivity index (χ0n) is 22.1. The SMILES string of the molecule is CC(=O)O[C@@H]1[C@@H](O)[C@H](Oc2c(C)cc3c(c2O)[C@@H](C)CC[C@@H]3[C@@H](C)CCC=C(C)C)O[C@@H](C)[C@H]1O. The van der Waals surface area contributed by atoms with Crippen LogP contribution >= 0.6 is 0 Å². The van der Waals surface area contributed by atoms with Crippen LogP contribution in [0.1, 0.15) is 95.8 Å². The Morgan fingerprint density at radius 3 is 2.51 bits per heavy atom. The first-order valence-corrected chi connectivity index (χ1v) is 12.8. The molecule has 35 heavy (non-hydrogen) atoms. The van der Waals surface area contributed by atoms with Crippen molar-refractivity contribution in [2.24, 2.45) is 5.92 Å². The molecule has 1 aromatic carbocycles. The Kier molecular flexibility index (Phi) is 8.89. The Balaban J connectivity index is 1.89. The molecule has 1 heterocycles. The molecule has 3 N–H and O–H groups in total. The molecule has 7 heteroatoms. The fraction of sp³-hybridized carbons (Fsp3) is 0.679. The van der Waals surface area contributed by atoms with Gasteiger partial charge in [0.1, 0.15) is 6.10 Å². The molecule has 0 aromatic heterocycles. The van der Waals surface area contributed by atoms with E-state index in [2.05, 4.69) is 39.8 Å². The van der Waals surface area contributed by atoms with Crippen molar-refractivity contribution in [2.45, 2.75) is 117 Å². The fourth-order valence-corrected chi connectivity index (χ4v) is 5.49. The van der Waals surface area contributed by atoms with E-state index in [4.69, 9.17) is 14.2 Å². The van der Waals surface area contributed by atoms with Crippen molar-refractivity contribution >= 4 is 5.97 Å². The first-order chi connectivity index (χ1) is 16.4. The monoisotopic (exact) mass is 490 g/mol. The fourth-order valence-electron chi connectivity index (χ4n) is 5.49. The number of carbonyl (C=O) groups is 1. The summed E-state index contributed by atoms with van der Waals surface area (Å²) in [6, 6.07) is 2.10. The summed E-state index contributed by atoms with van der Waals surface area (Å²) in [7, 11) is 0. The number of aliphatic hydroxyl groups is 2. The standard InChI is InChI=1S/C28H42O7/c1-14(2)9-8-10-15(3)20-12-11-16(4)22-21(20)13-17(5)26(24(22)31)35-28-25(32)27(34-19(7)29)23(30)18(6)33-28/h9,13,15-16,18,20,23,25,27-28,30-32H,8,10-12H2,1-7H3/t15-,16-,18-,20+,23+,25+,27-,28-/m0/s1. The minimum absolute atomic E-state index is 0.0762. The van der Waals surface area contributed by atoms with Gasteiger partial charge >= 0.3 is 5.97 Å². The smallest absolute Gasteiger partial charge is 0.303 e. The number of carbonyl (C=O) groups excluding carboxylic acids is 1. The highest BCUT2D eigenvalue weighted by Crippen LogP contribution is 2.51. The zero-order valence-corrected chi connectivity index (χ0v) is 22.1. The van der Waals surface area contributed by atoms with Gasteiger partial charge in [-0.05, 0) is 82.3 Å². The molecule has 0 spiro atoms. The Hall–Kier alpha value is -2.09. The van der Waals surface area contributed by atoms with Crippen molar-refractivity contribution in [3.63, 3.8) is 0 Å². The summed E-state index contributed by atoms with van der Waals surface area (Å²) in [4.78, 5) is 11.5. The number of hydrogen-bond acceptors (Lipinski definition) is 7. The third kappa shape index (κ3) is 6.01. The second kappa shape index (κ2) is 11.3. The summed E-state index contributed by atoms with van der Waals surface area (Å²) in [5.41, 5.74) is 4.14. The van der Waals surface area contributed by atoms with E-state index >= 15 is 0 Å². The van der Waals surface area contributed by atoms with Gasteiger partial charge in [-0.15, -0.1) is 0 Å². The number of phenolic OH excluding ortho intramolecular Hbond substituents is 1. The number of hydrogen-bond donors (Lipinski definition) is 3. The van der Waals surface area contributed by atoms with Crippen molar-refractivity contribution < 1.29 is 34.3 Å². The van der Waals surface area contributed by atoms with Crippen LogP contribution in [0, 0.1) is 12.8 Å². The molecular formula is C28H42O7. The average molecular weight is 491 g/mol. The molecule has 7 nitrogen and oxygen atoms in total. The molecule has 0 radical (unpaired) electrons. The lowest BCUT2D eigenvalue weighted by atomic mass is 9.70. The summed E-state index contributed by atoms with van der Waals surface area (Å²) in [6.45, 7) is 13.3. The first-order valence-electron chi connectivity index (χ1n) is 12.8. The molecule has 1 fully saturated rings. The quantitative estimate of drug-likeness (QED) is 0.371. The topological polar surface area (TPSA) is 105 Å². The number of ether oxygens (including phenoxy) is 3. The minimum Gasteiger partial charge on any atom is -0.504 e. The third-order valence-electron chi connectivity index (χ3n) is 7.49. The maximum atomic E-state index is 11.5. The van der Waals surface area contributed by atoms with E-state index < -0.39 is 36.7 Å². The number of benzene rings is 1. The Morgan fingerprint density at radius 2 is 1.89 bits per heavy atom. The third-order valence-corrected chi connectivity index (χ3v) is 7.49. The Bertz CT molecular complexity index is 936. The number of allylic oxidation sites excluding steroid dienone is 2. The average Bonchev–Trinajstić information content (AvgIpc) is 2.76. The predicted molar refractivity (Wildman–Crippen MR) is 134 cm³/mol. The van der Waals surface area contributed by atoms with E-state index in [1.54, 1.807) is 6.92 Å². The molecule has 1 saturated heterocycles. The van der Waals surface area contributed by atoms with Gasteiger partial charge in [0.15, 0.2) is 23.7 Å². The molecule has 2 aliphatic rings. The predicted octanol–water partition coefficient (Wildman–Crippen LogP) is 4.84. The van der Waals surface area contributed by atoms with E-state index in [1.807, 2.05) is 6.92 Å². The van der Waals surface area contributed by atoms with E-state index in [-0.39, 0.29) is 17.4 Å². The van der Waals surface area contributed by atoms with E-state index in [0.717, 1.165) is 36.8 Å². The second-order valence-electron chi connectivity index (χ2n) is 10.7. The summed E-state index contributed by atoms with van der Waals surface area (Å²) in [5.74, 6) is 0.700. The van der Waals surface area contributed by atoms with Crippen LogP contribution in [0.5, 0.6) is 11.5 Å². The van der Waals surface area contributed by atoms with E-state index in [1.165, 1.54) is 18.1 Å². The number of fused-ring (bicyclic) bond motifs is 1. The number of aromatic hydroxyl groups is 1. The van der Waals surface area contributed by atoms with Gasteiger partial charge in [0.2, 0.25) is 6.29 Å². The van der Waals surface area contributed by atoms with Crippen molar-refractivity contribution in [1.82, 2.24) is 0 Å². The van der Waals surface area contributed by atoms with Gasteiger partial charge in [0, 0.05) is 12.5 Å². The minimum atomic E-state index is -1.42. The summed E-state index contributed by atoms with van der Waals surface area (Å²) < 4.78 is 16.9. The van der Waals surface area contributed by atoms with Crippen molar-refractivity contribution in [2.75, 3.05) is 0 Å². The lowest BCUT2D eigenvalue weighted by Crippen LogP contribution is -2.59. The molecule has 0 saturated carbocycles. The van der Waals surface area contributed by atoms with Gasteiger partial charge in [-0.2, -0.15) is 0 Å². The highest BCUT2D eigenvalue weighted by molar-refractivity contribution is 5.66. The van der Waals surface area contributed by atoms with Crippen LogP contribution in [0.4, 0.5) is 0 Å². The molecule has 8 atom stereocenters. The first kappa shape index (κ1) is 27.5. The lowest BCUT2D eigenvalue weighted by Gasteiger charge is -2.41. The van der Waals surface area contributed by atoms with Crippen molar-refractivity contribution in [3.05, 3.63) is 34.4 Å². The summed E-state index contributed by atoms with van der Waals surface area (Å²) in [6.07, 6.45) is 0.707. The largest absolute Gasteiger partial charge is 0.504 e. The molecule has 3 rings (SSSR count). The maximum absolute atomic E-state index is 11.5. The molecule has 0 amide bonds. The van der Waals surface area contributed by atoms with E-state index in [0.29, 0.717) is 11.8 Å². The number of aliphatic hydroxyl groups excluding tert-OH is 2. The van der Waals surface area contributed by atoms with Crippen LogP contribution in [0.3, 0.4) is 0 Å². The highest BCUT2D eigenvalue weighted by Gasteiger charge is 2.46. The van der Waals surface area contributed by atoms with Gasteiger partial charge in [0.25, 0.3) is 0 Å². The Labute approximate surface area is 209 Å². The highest BCUT2D eigenvalue weighted by atomic mass is 16.7. The maximum Gasteiger partial charge on any atom is 0.303 e. The Morgan fingerprint density at radius 1 is 1.20 bits per heavy atom. The number of esters is 1. The summed E-state index contributed by atoms with van der Waals surface area (Å²) in [5, 5.41) is 32.5. The van der Waals surface area contributed by atoms with Crippen molar-refractivity contribution in [1.29, 1.82) is 0 Å². The number of rotatable bonds is 7. The molecule has 1 aliphatic carbocycles. The van der Waals surface area contributed by atoms with Gasteiger partial charge < -0.3 is 29.5 Å². The molecule has 1 aromatic rings. The summed E-state index contributed by atoms with van der Waals surface area (Å²) >= 11 is 0. The number of phenols is 1. The van der Waals surface area contributed by atoms with Gasteiger partial charge in [-0.3, -0.25) is 4.79 Å². The van der Waals surface area contributed by atoms with Crippen LogP contribution in [0.15, 0.2) is 17.7 Å². The van der Waals surface area contributed by atoms with Crippen LogP contribution in [-0.4, -0.2) is 52.0 Å². The van der Waals surface area contributed by atoms with Gasteiger partial charge in [-0.25, -0.2) is 0 Å². The van der Waals surface area contributed by atoms with Gasteiger partial charge in [-0.1, -0.05) is 31.6 Å². The second-order valence-corrected chi connectivity index (χ2v) is 10.7. The van der Waals surface area contributed by atoms with Crippen LogP contribution < -0.4 is 4.74 Å². The number of aryl methyl sites for hydroxylation is 1. The molecule has 196 valence electrons. The van der Waals surface area contributed by atoms with Crippen LogP contribution in [-0.2, 0) is 14.3 Å². The van der Waals surface area contributed by atoms with Crippen LogP contribution in [0.25, 0.3) is 0 Å². The van der Waals surface area contributed by atoms with Gasteiger partial charge in [0.05, 0.1) is 6.10 Å². The van der Waals surface area contributed by atoms with Crippen LogP contribution in [0.2, 0.25) is 0 Å². The molecule has 0 unspecified atom stereocenters. The molecular weight excluding hydrogens is 448 g/mol. The zero-order chi connectivity index (χ0) is 26.0. The van der Waals surface area contributed by atoms with E-state index in [9.17, 15) is 20.1 Å².